The van der Waals surface area contributed by atoms with Gasteiger partial charge in [-0.3, -0.25) is 9.48 Å². The average Bonchev–Trinajstić information content (AvgIpc) is 2.62. The fourth-order valence-electron chi connectivity index (χ4n) is 1.47. The normalized spacial score (nSPS) is 10.5. The third-order valence-electron chi connectivity index (χ3n) is 2.37. The van der Waals surface area contributed by atoms with E-state index in [1.807, 2.05) is 0 Å². The second-order valence-corrected chi connectivity index (χ2v) is 4.79. The number of carbonyl (C=O) groups excluding carboxylic acids is 1. The number of hydrogen-bond donors (Lipinski definition) is 1. The Labute approximate surface area is 111 Å². The first-order valence-electron chi connectivity index (χ1n) is 4.78. The molecule has 0 saturated carbocycles. The topological polar surface area (TPSA) is 60.9 Å². The van der Waals surface area contributed by atoms with Crippen molar-refractivity contribution in [1.29, 1.82) is 0 Å². The third kappa shape index (κ3) is 2.21. The van der Waals surface area contributed by atoms with Crippen LogP contribution in [0.3, 0.4) is 0 Å². The largest absolute Gasteiger partial charge is 0.398 e. The van der Waals surface area contributed by atoms with Crippen molar-refractivity contribution in [3.63, 3.8) is 0 Å². The molecule has 1 heterocycles. The number of nitrogen functional groups attached to an aromatic ring is 1. The molecule has 0 amide bonds. The summed E-state index contributed by atoms with van der Waals surface area (Å²) in [5.74, 6) is -0.185. The second-order valence-electron chi connectivity index (χ2n) is 3.53. The van der Waals surface area contributed by atoms with Crippen LogP contribution in [0.1, 0.15) is 16.1 Å². The Kier molecular flexibility index (Phi) is 3.22. The molecule has 2 aromatic rings. The van der Waals surface area contributed by atoms with E-state index in [1.165, 1.54) is 10.9 Å². The average molecular weight is 315 g/mol. The number of benzene rings is 1. The molecule has 4 nitrogen and oxygen atoms in total. The Morgan fingerprint density at radius 1 is 1.53 bits per heavy atom. The van der Waals surface area contributed by atoms with Gasteiger partial charge in [0.25, 0.3) is 0 Å². The highest BCUT2D eigenvalue weighted by molar-refractivity contribution is 9.10. The number of rotatable bonds is 2. The van der Waals surface area contributed by atoms with E-state index >= 15 is 0 Å². The highest BCUT2D eigenvalue weighted by atomic mass is 79.9. The van der Waals surface area contributed by atoms with Crippen LogP contribution >= 0.6 is 27.5 Å². The predicted molar refractivity (Wildman–Crippen MR) is 70.2 cm³/mol. The first-order valence-corrected chi connectivity index (χ1v) is 5.95. The standard InChI is InChI=1S/C11H9BrClN3O/c1-16-10(8(13)5-15-16)11(17)6-2-3-9(14)7(12)4-6/h2-5H,14H2,1H3. The van der Waals surface area contributed by atoms with Gasteiger partial charge in [0.05, 0.1) is 11.2 Å². The van der Waals surface area contributed by atoms with E-state index in [2.05, 4.69) is 21.0 Å². The van der Waals surface area contributed by atoms with Gasteiger partial charge in [-0.2, -0.15) is 5.10 Å². The van der Waals surface area contributed by atoms with Crippen LogP contribution in [0.5, 0.6) is 0 Å². The Morgan fingerprint density at radius 2 is 2.24 bits per heavy atom. The number of carbonyl (C=O) groups is 1. The quantitative estimate of drug-likeness (QED) is 0.685. The van der Waals surface area contributed by atoms with Crippen LogP contribution in [0.25, 0.3) is 0 Å². The number of nitrogens with zero attached hydrogens (tertiary/aromatic N) is 2. The van der Waals surface area contributed by atoms with Gasteiger partial charge in [-0.15, -0.1) is 0 Å². The molecule has 88 valence electrons. The SMILES string of the molecule is Cn1ncc(Cl)c1C(=O)c1ccc(N)c(Br)c1. The lowest BCUT2D eigenvalue weighted by atomic mass is 10.1. The van der Waals surface area contributed by atoms with Gasteiger partial charge in [0.2, 0.25) is 5.78 Å². The van der Waals surface area contributed by atoms with Crippen molar-refractivity contribution in [3.8, 4) is 0 Å². The van der Waals surface area contributed by atoms with Crippen molar-refractivity contribution in [1.82, 2.24) is 9.78 Å². The molecule has 1 aromatic carbocycles. The summed E-state index contributed by atoms with van der Waals surface area (Å²) in [5.41, 5.74) is 7.12. The summed E-state index contributed by atoms with van der Waals surface area (Å²) in [5, 5.41) is 4.27. The monoisotopic (exact) mass is 313 g/mol. The first-order chi connectivity index (χ1) is 8.00. The molecule has 0 atom stereocenters. The van der Waals surface area contributed by atoms with E-state index in [-0.39, 0.29) is 5.78 Å². The molecule has 6 heteroatoms. The molecule has 0 spiro atoms. The molecule has 0 radical (unpaired) electrons. The minimum absolute atomic E-state index is 0.185. The fourth-order valence-corrected chi connectivity index (χ4v) is 2.10. The van der Waals surface area contributed by atoms with Gasteiger partial charge in [0.15, 0.2) is 0 Å². The van der Waals surface area contributed by atoms with Crippen molar-refractivity contribution < 1.29 is 4.79 Å². The number of hydrogen-bond acceptors (Lipinski definition) is 3. The van der Waals surface area contributed by atoms with Gasteiger partial charge in [-0.25, -0.2) is 0 Å². The Balaban J connectivity index is 2.48. The lowest BCUT2D eigenvalue weighted by Gasteiger charge is -2.04. The fraction of sp³-hybridized carbons (Fsp3) is 0.0909. The maximum absolute atomic E-state index is 12.2. The van der Waals surface area contributed by atoms with Crippen LogP contribution in [0.2, 0.25) is 5.02 Å². The summed E-state index contributed by atoms with van der Waals surface area (Å²) in [6.45, 7) is 0. The summed E-state index contributed by atoms with van der Waals surface area (Å²) >= 11 is 9.20. The van der Waals surface area contributed by atoms with E-state index < -0.39 is 0 Å². The maximum atomic E-state index is 12.2. The molecule has 0 bridgehead atoms. The molecule has 0 saturated heterocycles. The van der Waals surface area contributed by atoms with Crippen molar-refractivity contribution >= 4 is 39.0 Å². The van der Waals surface area contributed by atoms with Crippen LogP contribution in [0.15, 0.2) is 28.9 Å². The Bertz CT molecular complexity index is 575. The number of aryl methyl sites for hydroxylation is 1. The molecule has 0 aliphatic carbocycles. The zero-order valence-corrected chi connectivity index (χ0v) is 11.3. The van der Waals surface area contributed by atoms with Gasteiger partial charge >= 0.3 is 0 Å². The first kappa shape index (κ1) is 12.1. The molecular weight excluding hydrogens is 305 g/mol. The predicted octanol–water partition coefficient (Wildman–Crippen LogP) is 2.65. The molecule has 2 N–H and O–H groups in total. The zero-order valence-electron chi connectivity index (χ0n) is 8.95. The molecule has 0 aliphatic heterocycles. The Hall–Kier alpha value is -1.33. The summed E-state index contributed by atoms with van der Waals surface area (Å²) in [4.78, 5) is 12.2. The maximum Gasteiger partial charge on any atom is 0.212 e. The Morgan fingerprint density at radius 3 is 2.76 bits per heavy atom. The molecule has 0 fully saturated rings. The van der Waals surface area contributed by atoms with Crippen LogP contribution in [-0.4, -0.2) is 15.6 Å². The highest BCUT2D eigenvalue weighted by Gasteiger charge is 2.17. The van der Waals surface area contributed by atoms with Gasteiger partial charge in [0, 0.05) is 22.8 Å². The minimum atomic E-state index is -0.185. The van der Waals surface area contributed by atoms with Gasteiger partial charge < -0.3 is 5.73 Å². The summed E-state index contributed by atoms with van der Waals surface area (Å²) in [7, 11) is 1.67. The molecule has 0 unspecified atom stereocenters. The van der Waals surface area contributed by atoms with Gasteiger partial charge in [-0.05, 0) is 34.1 Å². The van der Waals surface area contributed by atoms with Crippen molar-refractivity contribution in [2.45, 2.75) is 0 Å². The van der Waals surface area contributed by atoms with Crippen molar-refractivity contribution in [2.75, 3.05) is 5.73 Å². The number of ketones is 1. The molecular formula is C11H9BrClN3O. The molecule has 0 aliphatic rings. The summed E-state index contributed by atoms with van der Waals surface area (Å²) in [6, 6.07) is 4.99. The highest BCUT2D eigenvalue weighted by Crippen LogP contribution is 2.24. The summed E-state index contributed by atoms with van der Waals surface area (Å²) < 4.78 is 2.14. The van der Waals surface area contributed by atoms with Crippen LogP contribution in [0, 0.1) is 0 Å². The number of halogens is 2. The van der Waals surface area contributed by atoms with Gasteiger partial charge in [0.1, 0.15) is 5.69 Å². The van der Waals surface area contributed by atoms with E-state index in [9.17, 15) is 4.79 Å². The lowest BCUT2D eigenvalue weighted by molar-refractivity contribution is 0.103. The lowest BCUT2D eigenvalue weighted by Crippen LogP contribution is -2.09. The minimum Gasteiger partial charge on any atom is -0.398 e. The van der Waals surface area contributed by atoms with E-state index in [0.717, 1.165) is 0 Å². The summed E-state index contributed by atoms with van der Waals surface area (Å²) in [6.07, 6.45) is 1.45. The number of anilines is 1. The molecule has 17 heavy (non-hydrogen) atoms. The van der Waals surface area contributed by atoms with Crippen LogP contribution < -0.4 is 5.73 Å². The third-order valence-corrected chi connectivity index (χ3v) is 3.34. The molecule has 2 rings (SSSR count). The van der Waals surface area contributed by atoms with Crippen molar-refractivity contribution in [2.24, 2.45) is 7.05 Å². The van der Waals surface area contributed by atoms with Crippen LogP contribution in [0.4, 0.5) is 5.69 Å². The van der Waals surface area contributed by atoms with E-state index in [1.54, 1.807) is 25.2 Å². The van der Waals surface area contributed by atoms with E-state index in [0.29, 0.717) is 26.4 Å². The number of aromatic nitrogens is 2. The second kappa shape index (κ2) is 4.50. The smallest absolute Gasteiger partial charge is 0.212 e. The van der Waals surface area contributed by atoms with Crippen molar-refractivity contribution in [3.05, 3.63) is 45.1 Å². The number of nitrogens with two attached hydrogens (primary N) is 1. The van der Waals surface area contributed by atoms with Gasteiger partial charge in [-0.1, -0.05) is 11.6 Å². The van der Waals surface area contributed by atoms with E-state index in [4.69, 9.17) is 17.3 Å². The van der Waals surface area contributed by atoms with Crippen LogP contribution in [-0.2, 0) is 7.05 Å². The molecule has 1 aromatic heterocycles. The zero-order chi connectivity index (χ0) is 12.6.